The van der Waals surface area contributed by atoms with Gasteiger partial charge in [-0.1, -0.05) is 0 Å². The topological polar surface area (TPSA) is 56.3 Å². The third-order valence-electron chi connectivity index (χ3n) is 1.60. The van der Waals surface area contributed by atoms with Crippen LogP contribution in [0.2, 0.25) is 0 Å². The van der Waals surface area contributed by atoms with E-state index in [4.69, 9.17) is 0 Å². The molecule has 14 heavy (non-hydrogen) atoms. The standard InChI is InChI=1S/C10H11NO3/c1-3-14-10(13)9(12)8-4-7(2)5-11-6-8/h4-6H,3H2,1-2H3. The number of hydrogen-bond donors (Lipinski definition) is 0. The molecule has 0 aromatic carbocycles. The van der Waals surface area contributed by atoms with Crippen LogP contribution in [0.15, 0.2) is 18.5 Å². The summed E-state index contributed by atoms with van der Waals surface area (Å²) >= 11 is 0. The first-order valence-electron chi connectivity index (χ1n) is 4.28. The van der Waals surface area contributed by atoms with Crippen molar-refractivity contribution in [3.8, 4) is 0 Å². The quantitative estimate of drug-likeness (QED) is 0.410. The van der Waals surface area contributed by atoms with Crippen LogP contribution in [-0.4, -0.2) is 23.3 Å². The molecular formula is C10H11NO3. The van der Waals surface area contributed by atoms with Crippen molar-refractivity contribution in [2.24, 2.45) is 0 Å². The molecule has 0 saturated heterocycles. The fourth-order valence-corrected chi connectivity index (χ4v) is 0.994. The lowest BCUT2D eigenvalue weighted by molar-refractivity contribution is -0.137. The van der Waals surface area contributed by atoms with Crippen molar-refractivity contribution in [1.82, 2.24) is 4.98 Å². The number of esters is 1. The Morgan fingerprint density at radius 1 is 1.43 bits per heavy atom. The van der Waals surface area contributed by atoms with E-state index in [1.807, 2.05) is 0 Å². The minimum absolute atomic E-state index is 0.198. The lowest BCUT2D eigenvalue weighted by atomic mass is 10.1. The maximum absolute atomic E-state index is 11.4. The molecule has 1 rings (SSSR count). The van der Waals surface area contributed by atoms with Crippen molar-refractivity contribution in [2.45, 2.75) is 13.8 Å². The Bertz CT molecular complexity index is 360. The molecule has 0 aliphatic carbocycles. The van der Waals surface area contributed by atoms with Crippen LogP contribution in [0.4, 0.5) is 0 Å². The molecule has 0 fully saturated rings. The first-order chi connectivity index (χ1) is 6.65. The van der Waals surface area contributed by atoms with Crippen LogP contribution in [0, 0.1) is 6.92 Å². The van der Waals surface area contributed by atoms with Crippen molar-refractivity contribution in [3.05, 3.63) is 29.6 Å². The summed E-state index contributed by atoms with van der Waals surface area (Å²) in [7, 11) is 0. The van der Waals surface area contributed by atoms with E-state index in [0.29, 0.717) is 0 Å². The Kier molecular flexibility index (Phi) is 3.34. The summed E-state index contributed by atoms with van der Waals surface area (Å²) < 4.78 is 4.58. The number of ketones is 1. The Morgan fingerprint density at radius 3 is 2.71 bits per heavy atom. The first kappa shape index (κ1) is 10.4. The molecule has 1 aromatic heterocycles. The fourth-order valence-electron chi connectivity index (χ4n) is 0.994. The van der Waals surface area contributed by atoms with Gasteiger partial charge in [0.1, 0.15) is 0 Å². The number of carbonyl (C=O) groups is 2. The highest BCUT2D eigenvalue weighted by atomic mass is 16.5. The van der Waals surface area contributed by atoms with Crippen LogP contribution >= 0.6 is 0 Å². The van der Waals surface area contributed by atoms with Gasteiger partial charge < -0.3 is 4.74 Å². The number of rotatable bonds is 3. The van der Waals surface area contributed by atoms with E-state index in [0.717, 1.165) is 5.56 Å². The highest BCUT2D eigenvalue weighted by Gasteiger charge is 2.17. The van der Waals surface area contributed by atoms with Gasteiger partial charge in [0.2, 0.25) is 0 Å². The van der Waals surface area contributed by atoms with E-state index in [-0.39, 0.29) is 12.2 Å². The molecule has 0 spiro atoms. The summed E-state index contributed by atoms with van der Waals surface area (Å²) in [6, 6.07) is 1.60. The maximum atomic E-state index is 11.4. The SMILES string of the molecule is CCOC(=O)C(=O)c1cncc(C)c1. The number of hydrogen-bond acceptors (Lipinski definition) is 4. The van der Waals surface area contributed by atoms with E-state index < -0.39 is 11.8 Å². The lowest BCUT2D eigenvalue weighted by Crippen LogP contribution is -2.17. The van der Waals surface area contributed by atoms with Crippen molar-refractivity contribution in [1.29, 1.82) is 0 Å². The van der Waals surface area contributed by atoms with Gasteiger partial charge in [-0.2, -0.15) is 0 Å². The molecule has 4 heteroatoms. The summed E-state index contributed by atoms with van der Waals surface area (Å²) in [5, 5.41) is 0. The third-order valence-corrected chi connectivity index (χ3v) is 1.60. The number of carbonyl (C=O) groups excluding carboxylic acids is 2. The van der Waals surface area contributed by atoms with E-state index in [9.17, 15) is 9.59 Å². The number of nitrogens with zero attached hydrogens (tertiary/aromatic N) is 1. The van der Waals surface area contributed by atoms with Crippen molar-refractivity contribution >= 4 is 11.8 Å². The largest absolute Gasteiger partial charge is 0.460 e. The zero-order valence-electron chi connectivity index (χ0n) is 8.11. The summed E-state index contributed by atoms with van der Waals surface area (Å²) in [4.78, 5) is 26.2. The molecule has 0 aliphatic rings. The van der Waals surface area contributed by atoms with Crippen LogP contribution in [-0.2, 0) is 9.53 Å². The highest BCUT2D eigenvalue weighted by Crippen LogP contribution is 2.03. The molecule has 0 unspecified atom stereocenters. The Labute approximate surface area is 81.9 Å². The van der Waals surface area contributed by atoms with Crippen molar-refractivity contribution in [2.75, 3.05) is 6.61 Å². The van der Waals surface area contributed by atoms with Crippen LogP contribution in [0.3, 0.4) is 0 Å². The average Bonchev–Trinajstić information content (AvgIpc) is 2.17. The van der Waals surface area contributed by atoms with Gasteiger partial charge in [0.05, 0.1) is 6.61 Å². The van der Waals surface area contributed by atoms with Gasteiger partial charge in [-0.25, -0.2) is 4.79 Å². The van der Waals surface area contributed by atoms with E-state index >= 15 is 0 Å². The second-order valence-corrected chi connectivity index (χ2v) is 2.80. The van der Waals surface area contributed by atoms with Gasteiger partial charge in [0.15, 0.2) is 0 Å². The van der Waals surface area contributed by atoms with Crippen molar-refractivity contribution < 1.29 is 14.3 Å². The molecule has 0 bridgehead atoms. The first-order valence-corrected chi connectivity index (χ1v) is 4.28. The average molecular weight is 193 g/mol. The second-order valence-electron chi connectivity index (χ2n) is 2.80. The number of aromatic nitrogens is 1. The van der Waals surface area contributed by atoms with Gasteiger partial charge in [0, 0.05) is 18.0 Å². The fraction of sp³-hybridized carbons (Fsp3) is 0.300. The van der Waals surface area contributed by atoms with Crippen molar-refractivity contribution in [3.63, 3.8) is 0 Å². The second kappa shape index (κ2) is 4.50. The highest BCUT2D eigenvalue weighted by molar-refractivity contribution is 6.40. The Balaban J connectivity index is 2.84. The molecule has 1 aromatic rings. The number of aryl methyl sites for hydroxylation is 1. The molecule has 0 aliphatic heterocycles. The molecule has 4 nitrogen and oxygen atoms in total. The molecule has 0 atom stereocenters. The molecule has 0 saturated carbocycles. The summed E-state index contributed by atoms with van der Waals surface area (Å²) in [5.41, 5.74) is 1.10. The maximum Gasteiger partial charge on any atom is 0.379 e. The van der Waals surface area contributed by atoms with Crippen LogP contribution in [0.5, 0.6) is 0 Å². The predicted molar refractivity (Wildman–Crippen MR) is 49.9 cm³/mol. The molecular weight excluding hydrogens is 182 g/mol. The van der Waals surface area contributed by atoms with Gasteiger partial charge >= 0.3 is 5.97 Å². The summed E-state index contributed by atoms with van der Waals surface area (Å²) in [5.74, 6) is -1.48. The van der Waals surface area contributed by atoms with E-state index in [2.05, 4.69) is 9.72 Å². The molecule has 0 amide bonds. The molecule has 1 heterocycles. The van der Waals surface area contributed by atoms with Gasteiger partial charge in [-0.05, 0) is 25.5 Å². The monoisotopic (exact) mass is 193 g/mol. The minimum atomic E-state index is -0.833. The number of Topliss-reactive ketones (excluding diaryl/α,β-unsaturated/α-hetero) is 1. The summed E-state index contributed by atoms with van der Waals surface area (Å²) in [6.07, 6.45) is 2.97. The lowest BCUT2D eigenvalue weighted by Gasteiger charge is -2.00. The smallest absolute Gasteiger partial charge is 0.379 e. The normalized spacial score (nSPS) is 9.57. The molecule has 0 N–H and O–H groups in total. The molecule has 74 valence electrons. The Morgan fingerprint density at radius 2 is 2.14 bits per heavy atom. The molecule has 0 radical (unpaired) electrons. The minimum Gasteiger partial charge on any atom is -0.460 e. The number of ether oxygens (including phenoxy) is 1. The third kappa shape index (κ3) is 2.39. The van der Waals surface area contributed by atoms with Gasteiger partial charge in [0.25, 0.3) is 5.78 Å². The van der Waals surface area contributed by atoms with E-state index in [1.54, 1.807) is 26.1 Å². The van der Waals surface area contributed by atoms with Crippen LogP contribution < -0.4 is 0 Å². The predicted octanol–water partition coefficient (Wildman–Crippen LogP) is 1.14. The zero-order valence-corrected chi connectivity index (χ0v) is 8.11. The van der Waals surface area contributed by atoms with Gasteiger partial charge in [-0.15, -0.1) is 0 Å². The van der Waals surface area contributed by atoms with Crippen LogP contribution in [0.25, 0.3) is 0 Å². The summed E-state index contributed by atoms with van der Waals surface area (Å²) in [6.45, 7) is 3.65. The van der Waals surface area contributed by atoms with Crippen LogP contribution in [0.1, 0.15) is 22.8 Å². The van der Waals surface area contributed by atoms with E-state index in [1.165, 1.54) is 6.20 Å². The Hall–Kier alpha value is -1.71. The van der Waals surface area contributed by atoms with Gasteiger partial charge in [-0.3, -0.25) is 9.78 Å². The zero-order chi connectivity index (χ0) is 10.6. The number of pyridine rings is 1.